The Bertz CT molecular complexity index is 864. The van der Waals surface area contributed by atoms with Crippen LogP contribution in [-0.2, 0) is 4.79 Å². The first-order chi connectivity index (χ1) is 14.6. The van der Waals surface area contributed by atoms with Crippen LogP contribution in [0.15, 0.2) is 6.07 Å². The zero-order chi connectivity index (χ0) is 22.8. The number of amides is 1. The Kier molecular flexibility index (Phi) is 7.49. The Hall–Kier alpha value is -1.84. The van der Waals surface area contributed by atoms with E-state index in [0.29, 0.717) is 42.2 Å². The van der Waals surface area contributed by atoms with Gasteiger partial charge in [0, 0.05) is 17.4 Å². The number of carboxylic acid groups (broad SMARTS) is 1. The predicted molar refractivity (Wildman–Crippen MR) is 124 cm³/mol. The molecule has 1 heterocycles. The number of carbonyl (C=O) groups is 2. The van der Waals surface area contributed by atoms with Gasteiger partial charge in [-0.2, -0.15) is 0 Å². The second kappa shape index (κ2) is 9.75. The molecular weight excluding hydrogens is 410 g/mol. The summed E-state index contributed by atoms with van der Waals surface area (Å²) < 4.78 is 0. The van der Waals surface area contributed by atoms with Crippen LogP contribution in [0.3, 0.4) is 0 Å². The summed E-state index contributed by atoms with van der Waals surface area (Å²) in [6, 6.07) is 1.71. The first kappa shape index (κ1) is 23.8. The van der Waals surface area contributed by atoms with Crippen LogP contribution in [0, 0.1) is 29.1 Å². The van der Waals surface area contributed by atoms with Crippen LogP contribution >= 0.6 is 11.3 Å². The van der Waals surface area contributed by atoms with Crippen molar-refractivity contribution in [2.75, 3.05) is 4.90 Å². The lowest BCUT2D eigenvalue weighted by Gasteiger charge is -2.39. The predicted octanol–water partition coefficient (Wildman–Crippen LogP) is 5.31. The molecule has 0 bridgehead atoms. The van der Waals surface area contributed by atoms with Crippen LogP contribution < -0.4 is 4.90 Å². The van der Waals surface area contributed by atoms with E-state index in [2.05, 4.69) is 18.8 Å². The number of hydrogen-bond acceptors (Lipinski definition) is 4. The molecule has 1 amide bonds. The second-order valence-electron chi connectivity index (χ2n) is 10.2. The van der Waals surface area contributed by atoms with Crippen molar-refractivity contribution in [3.63, 3.8) is 0 Å². The highest BCUT2D eigenvalue weighted by molar-refractivity contribution is 7.15. The Morgan fingerprint density at radius 1 is 1.10 bits per heavy atom. The molecule has 1 aromatic heterocycles. The average molecular weight is 446 g/mol. The maximum atomic E-state index is 13.8. The normalized spacial score (nSPS) is 26.6. The SMILES string of the molecule is C[C@@H]1CCCC[C@H]1C(=O)N(c1cc(C#CC(C)(C)C)sc1C(=O)O)C1CCC(O)CC1. The van der Waals surface area contributed by atoms with Crippen LogP contribution in [0.2, 0.25) is 0 Å². The fourth-order valence-electron chi connectivity index (χ4n) is 4.70. The number of thiophene rings is 1. The van der Waals surface area contributed by atoms with Crippen molar-refractivity contribution in [1.29, 1.82) is 0 Å². The van der Waals surface area contributed by atoms with Crippen molar-refractivity contribution in [1.82, 2.24) is 0 Å². The van der Waals surface area contributed by atoms with E-state index in [9.17, 15) is 19.8 Å². The van der Waals surface area contributed by atoms with Gasteiger partial charge in [0.2, 0.25) is 5.91 Å². The number of hydrogen-bond donors (Lipinski definition) is 2. The molecule has 0 unspecified atom stereocenters. The summed E-state index contributed by atoms with van der Waals surface area (Å²) in [6.07, 6.45) is 6.38. The van der Waals surface area contributed by atoms with Gasteiger partial charge in [0.25, 0.3) is 0 Å². The Balaban J connectivity index is 2.03. The van der Waals surface area contributed by atoms with Crippen LogP contribution in [0.4, 0.5) is 5.69 Å². The minimum Gasteiger partial charge on any atom is -0.477 e. The molecule has 3 rings (SSSR count). The van der Waals surface area contributed by atoms with Crippen LogP contribution in [0.1, 0.15) is 93.6 Å². The first-order valence-electron chi connectivity index (χ1n) is 11.5. The van der Waals surface area contributed by atoms with Gasteiger partial charge in [-0.15, -0.1) is 11.3 Å². The van der Waals surface area contributed by atoms with Crippen LogP contribution in [-0.4, -0.2) is 34.2 Å². The van der Waals surface area contributed by atoms with E-state index in [4.69, 9.17) is 0 Å². The molecule has 31 heavy (non-hydrogen) atoms. The largest absolute Gasteiger partial charge is 0.477 e. The standard InChI is InChI=1S/C25H35NO4S/c1-16-7-5-6-8-20(16)23(28)26(17-9-11-18(27)12-10-17)21-15-19(13-14-25(2,3)4)31-22(21)24(29)30/h15-18,20,27H,5-12H2,1-4H3,(H,29,30)/t16-,17?,18?,20-/m1/s1. The minimum absolute atomic E-state index is 0.0456. The maximum absolute atomic E-state index is 13.8. The van der Waals surface area contributed by atoms with E-state index in [1.165, 1.54) is 0 Å². The average Bonchev–Trinajstić information content (AvgIpc) is 3.12. The fourth-order valence-corrected chi connectivity index (χ4v) is 5.54. The number of rotatable bonds is 4. The third-order valence-electron chi connectivity index (χ3n) is 6.42. The van der Waals surface area contributed by atoms with E-state index >= 15 is 0 Å². The van der Waals surface area contributed by atoms with Crippen molar-refractivity contribution in [3.05, 3.63) is 15.8 Å². The molecule has 1 aromatic rings. The van der Waals surface area contributed by atoms with E-state index in [-0.39, 0.29) is 34.3 Å². The van der Waals surface area contributed by atoms with Crippen molar-refractivity contribution in [2.45, 2.75) is 91.2 Å². The van der Waals surface area contributed by atoms with Gasteiger partial charge in [-0.05, 0) is 71.3 Å². The summed E-state index contributed by atoms with van der Waals surface area (Å²) in [5.74, 6) is 5.54. The topological polar surface area (TPSA) is 77.8 Å². The van der Waals surface area contributed by atoms with Gasteiger partial charge < -0.3 is 15.1 Å². The molecule has 6 heteroatoms. The lowest BCUT2D eigenvalue weighted by atomic mass is 9.79. The van der Waals surface area contributed by atoms with Crippen molar-refractivity contribution in [2.24, 2.45) is 17.3 Å². The number of anilines is 1. The Morgan fingerprint density at radius 2 is 1.74 bits per heavy atom. The van der Waals surface area contributed by atoms with Gasteiger partial charge in [-0.25, -0.2) is 4.79 Å². The summed E-state index contributed by atoms with van der Waals surface area (Å²) in [6.45, 7) is 8.18. The molecule has 0 radical (unpaired) electrons. The molecule has 2 atom stereocenters. The molecule has 2 aliphatic carbocycles. The molecular formula is C25H35NO4S. The summed E-state index contributed by atoms with van der Waals surface area (Å²) in [5.41, 5.74) is 0.292. The number of aliphatic hydroxyl groups excluding tert-OH is 1. The van der Waals surface area contributed by atoms with Gasteiger partial charge in [0.1, 0.15) is 4.88 Å². The third kappa shape index (κ3) is 5.90. The van der Waals surface area contributed by atoms with E-state index in [0.717, 1.165) is 37.0 Å². The highest BCUT2D eigenvalue weighted by Gasteiger charge is 2.38. The van der Waals surface area contributed by atoms with Crippen LogP contribution in [0.25, 0.3) is 0 Å². The number of nitrogens with zero attached hydrogens (tertiary/aromatic N) is 1. The smallest absolute Gasteiger partial charge is 0.348 e. The van der Waals surface area contributed by atoms with Crippen molar-refractivity contribution >= 4 is 28.9 Å². The quantitative estimate of drug-likeness (QED) is 0.616. The van der Waals surface area contributed by atoms with E-state index < -0.39 is 5.97 Å². The van der Waals surface area contributed by atoms with E-state index in [1.807, 2.05) is 20.8 Å². The van der Waals surface area contributed by atoms with Gasteiger partial charge >= 0.3 is 5.97 Å². The molecule has 0 aliphatic heterocycles. The molecule has 0 saturated heterocycles. The molecule has 5 nitrogen and oxygen atoms in total. The maximum Gasteiger partial charge on any atom is 0.348 e. The highest BCUT2D eigenvalue weighted by atomic mass is 32.1. The zero-order valence-electron chi connectivity index (χ0n) is 19.1. The monoisotopic (exact) mass is 445 g/mol. The number of aliphatic hydroxyl groups is 1. The second-order valence-corrected chi connectivity index (χ2v) is 11.2. The fraction of sp³-hybridized carbons (Fsp3) is 0.680. The molecule has 2 saturated carbocycles. The van der Waals surface area contributed by atoms with Gasteiger partial charge in [-0.3, -0.25) is 4.79 Å². The van der Waals surface area contributed by atoms with Crippen molar-refractivity contribution in [3.8, 4) is 11.8 Å². The third-order valence-corrected chi connectivity index (χ3v) is 7.45. The Labute approximate surface area is 189 Å². The number of carbonyl (C=O) groups excluding carboxylic acids is 1. The lowest BCUT2D eigenvalue weighted by molar-refractivity contribution is -0.125. The molecule has 2 aliphatic rings. The molecule has 0 aromatic carbocycles. The number of aromatic carboxylic acids is 1. The zero-order valence-corrected chi connectivity index (χ0v) is 19.9. The summed E-state index contributed by atoms with van der Waals surface area (Å²) in [4.78, 5) is 28.6. The van der Waals surface area contributed by atoms with Crippen molar-refractivity contribution < 1.29 is 19.8 Å². The Morgan fingerprint density at radius 3 is 2.32 bits per heavy atom. The first-order valence-corrected chi connectivity index (χ1v) is 12.3. The lowest BCUT2D eigenvalue weighted by Crippen LogP contribution is -2.48. The summed E-state index contributed by atoms with van der Waals surface area (Å²) >= 11 is 1.15. The van der Waals surface area contributed by atoms with Gasteiger partial charge in [0.05, 0.1) is 16.7 Å². The van der Waals surface area contributed by atoms with Gasteiger partial charge in [0.15, 0.2) is 0 Å². The molecule has 0 spiro atoms. The molecule has 2 fully saturated rings. The highest BCUT2D eigenvalue weighted by Crippen LogP contribution is 2.39. The van der Waals surface area contributed by atoms with Gasteiger partial charge in [-0.1, -0.05) is 31.6 Å². The number of carboxylic acids is 1. The molecule has 2 N–H and O–H groups in total. The molecule has 170 valence electrons. The summed E-state index contributed by atoms with van der Waals surface area (Å²) in [5, 5.41) is 19.9. The van der Waals surface area contributed by atoms with E-state index in [1.54, 1.807) is 11.0 Å². The minimum atomic E-state index is -1.02. The summed E-state index contributed by atoms with van der Waals surface area (Å²) in [7, 11) is 0. The van der Waals surface area contributed by atoms with Crippen LogP contribution in [0.5, 0.6) is 0 Å².